The Bertz CT molecular complexity index is 1300. The number of hydrogen-bond acceptors (Lipinski definition) is 5. The van der Waals surface area contributed by atoms with Gasteiger partial charge in [0.05, 0.1) is 0 Å². The molecule has 2 aromatic carbocycles. The van der Waals surface area contributed by atoms with E-state index in [0.29, 0.717) is 23.4 Å². The van der Waals surface area contributed by atoms with Crippen molar-refractivity contribution < 1.29 is 14.3 Å². The van der Waals surface area contributed by atoms with Crippen molar-refractivity contribution in [2.24, 2.45) is 0 Å². The molecule has 0 aliphatic carbocycles. The molecule has 0 radical (unpaired) electrons. The summed E-state index contributed by atoms with van der Waals surface area (Å²) in [5.41, 5.74) is 0.538. The van der Waals surface area contributed by atoms with Crippen LogP contribution in [0.4, 0.5) is 0 Å². The number of carbonyl (C=O) groups excluding carboxylic acids is 2. The normalized spacial score (nSPS) is 18.0. The second-order valence-corrected chi connectivity index (χ2v) is 11.8. The van der Waals surface area contributed by atoms with Gasteiger partial charge in [-0.1, -0.05) is 44.2 Å². The number of benzene rings is 2. The highest BCUT2D eigenvalue weighted by molar-refractivity contribution is 5.92. The Kier molecular flexibility index (Phi) is 7.93. The van der Waals surface area contributed by atoms with Gasteiger partial charge in [-0.15, -0.1) is 0 Å². The van der Waals surface area contributed by atoms with Crippen LogP contribution in [0.1, 0.15) is 75.5 Å². The molecule has 0 bridgehead atoms. The lowest BCUT2D eigenvalue weighted by atomic mass is 9.97. The zero-order valence-electron chi connectivity index (χ0n) is 23.6. The maximum Gasteiger partial charge on any atom is 0.274 e. The van der Waals surface area contributed by atoms with Gasteiger partial charge in [-0.3, -0.25) is 14.7 Å². The molecule has 5 rings (SSSR count). The topological polar surface area (TPSA) is 90.6 Å². The number of rotatable bonds is 7. The minimum absolute atomic E-state index is 0.0199. The first-order chi connectivity index (χ1) is 18.7. The summed E-state index contributed by atoms with van der Waals surface area (Å²) in [6, 6.07) is 16.6. The molecule has 2 saturated heterocycles. The molecule has 2 N–H and O–H groups in total. The Labute approximate surface area is 231 Å². The Morgan fingerprint density at radius 1 is 0.974 bits per heavy atom. The quantitative estimate of drug-likeness (QED) is 0.460. The second-order valence-electron chi connectivity index (χ2n) is 11.8. The molecule has 2 amide bonds. The molecule has 2 aliphatic rings. The molecular weight excluding hydrogens is 490 g/mol. The smallest absolute Gasteiger partial charge is 0.274 e. The second kappa shape index (κ2) is 11.4. The number of aromatic amines is 1. The van der Waals surface area contributed by atoms with Crippen LogP contribution in [0, 0.1) is 0 Å². The number of nitrogens with zero attached hydrogens (tertiary/aromatic N) is 3. The first kappa shape index (κ1) is 27.2. The SMILES string of the molecule is CC(C)c1cc(C(=O)N2CCC(N3CCC(NC(=O)C(C)(C)Oc4ccc5ccccc5c4)CC3)CC2)n[nH]1. The number of hydrogen-bond donors (Lipinski definition) is 2. The van der Waals surface area contributed by atoms with E-state index in [4.69, 9.17) is 4.74 Å². The number of aromatic nitrogens is 2. The molecular formula is C31H41N5O3. The number of amides is 2. The summed E-state index contributed by atoms with van der Waals surface area (Å²) in [5, 5.41) is 12.7. The fourth-order valence-electron chi connectivity index (χ4n) is 5.68. The van der Waals surface area contributed by atoms with E-state index in [2.05, 4.69) is 40.3 Å². The van der Waals surface area contributed by atoms with Crippen LogP contribution in [-0.2, 0) is 4.79 Å². The number of carbonyl (C=O) groups is 2. The van der Waals surface area contributed by atoms with Gasteiger partial charge >= 0.3 is 0 Å². The highest BCUT2D eigenvalue weighted by atomic mass is 16.5. The van der Waals surface area contributed by atoms with Crippen molar-refractivity contribution in [3.8, 4) is 5.75 Å². The lowest BCUT2D eigenvalue weighted by Crippen LogP contribution is -2.55. The van der Waals surface area contributed by atoms with E-state index in [-0.39, 0.29) is 17.9 Å². The Balaban J connectivity index is 1.07. The van der Waals surface area contributed by atoms with Crippen molar-refractivity contribution in [2.45, 2.75) is 77.0 Å². The number of nitrogens with one attached hydrogen (secondary N) is 2. The molecule has 39 heavy (non-hydrogen) atoms. The molecule has 8 heteroatoms. The molecule has 208 valence electrons. The molecule has 1 aromatic heterocycles. The van der Waals surface area contributed by atoms with Crippen LogP contribution in [0.25, 0.3) is 10.8 Å². The van der Waals surface area contributed by atoms with Crippen molar-refractivity contribution >= 4 is 22.6 Å². The highest BCUT2D eigenvalue weighted by Crippen LogP contribution is 2.26. The summed E-state index contributed by atoms with van der Waals surface area (Å²) in [7, 11) is 0. The molecule has 2 fully saturated rings. The van der Waals surface area contributed by atoms with E-state index < -0.39 is 5.60 Å². The Morgan fingerprint density at radius 3 is 2.33 bits per heavy atom. The van der Waals surface area contributed by atoms with E-state index in [0.717, 1.165) is 68.3 Å². The summed E-state index contributed by atoms with van der Waals surface area (Å²) in [5.74, 6) is 0.952. The van der Waals surface area contributed by atoms with Crippen molar-refractivity contribution in [1.82, 2.24) is 25.3 Å². The highest BCUT2D eigenvalue weighted by Gasteiger charge is 2.34. The van der Waals surface area contributed by atoms with E-state index >= 15 is 0 Å². The zero-order chi connectivity index (χ0) is 27.6. The summed E-state index contributed by atoms with van der Waals surface area (Å²) < 4.78 is 6.14. The van der Waals surface area contributed by atoms with Crippen LogP contribution in [0.3, 0.4) is 0 Å². The third-order valence-corrected chi connectivity index (χ3v) is 8.21. The number of likely N-dealkylation sites (tertiary alicyclic amines) is 2. The van der Waals surface area contributed by atoms with Crippen molar-refractivity contribution in [1.29, 1.82) is 0 Å². The molecule has 3 heterocycles. The summed E-state index contributed by atoms with van der Waals surface area (Å²) in [4.78, 5) is 30.5. The van der Waals surface area contributed by atoms with E-state index in [1.54, 1.807) is 0 Å². The van der Waals surface area contributed by atoms with Crippen LogP contribution in [-0.4, -0.2) is 75.7 Å². The average Bonchev–Trinajstić information content (AvgIpc) is 3.44. The molecule has 3 aromatic rings. The van der Waals surface area contributed by atoms with E-state index in [9.17, 15) is 9.59 Å². The van der Waals surface area contributed by atoms with Crippen LogP contribution in [0.2, 0.25) is 0 Å². The Morgan fingerprint density at radius 2 is 1.67 bits per heavy atom. The average molecular weight is 532 g/mol. The first-order valence-electron chi connectivity index (χ1n) is 14.3. The zero-order valence-corrected chi connectivity index (χ0v) is 23.6. The van der Waals surface area contributed by atoms with Gasteiger partial charge < -0.3 is 19.9 Å². The monoisotopic (exact) mass is 531 g/mol. The maximum atomic E-state index is 13.1. The predicted molar refractivity (Wildman–Crippen MR) is 153 cm³/mol. The standard InChI is InChI=1S/C31H41N5O3/c1-21(2)27-20-28(34-33-27)29(37)36-17-13-25(14-18-36)35-15-11-24(12-16-35)32-30(38)31(3,4)39-26-10-9-22-7-5-6-8-23(22)19-26/h5-10,19-21,24-25H,11-18H2,1-4H3,(H,32,38)(H,33,34). The number of fused-ring (bicyclic) bond motifs is 1. The van der Waals surface area contributed by atoms with Gasteiger partial charge in [0.1, 0.15) is 11.4 Å². The van der Waals surface area contributed by atoms with Crippen molar-refractivity contribution in [3.05, 3.63) is 59.9 Å². The largest absolute Gasteiger partial charge is 0.478 e. The summed E-state index contributed by atoms with van der Waals surface area (Å²) in [6.45, 7) is 11.2. The molecule has 2 aliphatic heterocycles. The predicted octanol–water partition coefficient (Wildman–Crippen LogP) is 4.73. The van der Waals surface area contributed by atoms with Crippen molar-refractivity contribution in [3.63, 3.8) is 0 Å². The van der Waals surface area contributed by atoms with Crippen LogP contribution < -0.4 is 10.1 Å². The van der Waals surface area contributed by atoms with E-state index in [1.807, 2.05) is 61.2 Å². The van der Waals surface area contributed by atoms with Crippen LogP contribution in [0.15, 0.2) is 48.5 Å². The summed E-state index contributed by atoms with van der Waals surface area (Å²) >= 11 is 0. The minimum Gasteiger partial charge on any atom is -0.478 e. The van der Waals surface area contributed by atoms with Gasteiger partial charge in [-0.25, -0.2) is 0 Å². The molecule has 0 saturated carbocycles. The molecule has 0 unspecified atom stereocenters. The molecule has 8 nitrogen and oxygen atoms in total. The third-order valence-electron chi connectivity index (χ3n) is 8.21. The van der Waals surface area contributed by atoms with Gasteiger partial charge in [-0.05, 0) is 74.4 Å². The number of ether oxygens (including phenoxy) is 1. The van der Waals surface area contributed by atoms with Gasteiger partial charge in [-0.2, -0.15) is 5.10 Å². The van der Waals surface area contributed by atoms with Crippen LogP contribution in [0.5, 0.6) is 5.75 Å². The lowest BCUT2D eigenvalue weighted by Gasteiger charge is -2.42. The minimum atomic E-state index is -0.969. The number of piperidine rings is 2. The van der Waals surface area contributed by atoms with E-state index in [1.165, 1.54) is 0 Å². The fourth-order valence-corrected chi connectivity index (χ4v) is 5.68. The fraction of sp³-hybridized carbons (Fsp3) is 0.516. The number of H-pyrrole nitrogens is 1. The van der Waals surface area contributed by atoms with Crippen LogP contribution >= 0.6 is 0 Å². The maximum absolute atomic E-state index is 13.1. The molecule has 0 atom stereocenters. The van der Waals surface area contributed by atoms with Gasteiger partial charge in [0.25, 0.3) is 11.8 Å². The molecule has 0 spiro atoms. The Hall–Kier alpha value is -3.39. The first-order valence-corrected chi connectivity index (χ1v) is 14.3. The van der Waals surface area contributed by atoms with Gasteiger partial charge in [0, 0.05) is 44.0 Å². The van der Waals surface area contributed by atoms with Gasteiger partial charge in [0.15, 0.2) is 5.60 Å². The van der Waals surface area contributed by atoms with Gasteiger partial charge in [0.2, 0.25) is 0 Å². The summed E-state index contributed by atoms with van der Waals surface area (Å²) in [6.07, 6.45) is 3.78. The van der Waals surface area contributed by atoms with Crippen molar-refractivity contribution in [2.75, 3.05) is 26.2 Å². The lowest BCUT2D eigenvalue weighted by molar-refractivity contribution is -0.135. The third kappa shape index (κ3) is 6.27.